The Morgan fingerprint density at radius 1 is 1.42 bits per heavy atom. The molecule has 3 heterocycles. The van der Waals surface area contributed by atoms with Gasteiger partial charge in [0, 0.05) is 25.7 Å². The highest BCUT2D eigenvalue weighted by atomic mass is 35.5. The summed E-state index contributed by atoms with van der Waals surface area (Å²) in [6.07, 6.45) is 3.85. The minimum atomic E-state index is -0.0339. The van der Waals surface area contributed by atoms with Crippen LogP contribution in [-0.4, -0.2) is 52.9 Å². The lowest BCUT2D eigenvalue weighted by molar-refractivity contribution is 0.0572. The molecule has 5 nitrogen and oxygen atoms in total. The topological polar surface area (TPSA) is 62.5 Å². The summed E-state index contributed by atoms with van der Waals surface area (Å²) in [5.41, 5.74) is 6.68. The molecular formula is C13H17ClN4O. The van der Waals surface area contributed by atoms with Gasteiger partial charge in [-0.3, -0.25) is 9.69 Å². The van der Waals surface area contributed by atoms with Gasteiger partial charge in [-0.25, -0.2) is 4.98 Å². The molecule has 1 aromatic heterocycles. The average Bonchev–Trinajstić information content (AvgIpc) is 2.88. The molecule has 0 bridgehead atoms. The summed E-state index contributed by atoms with van der Waals surface area (Å²) in [5.74, 6) is -0.0339. The van der Waals surface area contributed by atoms with Gasteiger partial charge in [-0.05, 0) is 25.5 Å². The summed E-state index contributed by atoms with van der Waals surface area (Å²) >= 11 is 5.84. The normalized spacial score (nSPS) is 23.4. The Labute approximate surface area is 117 Å². The van der Waals surface area contributed by atoms with E-state index in [2.05, 4.69) is 9.88 Å². The standard InChI is InChI=1S/C13H17ClN4O/c14-12-6-10(11(15)7-16-12)13(19)18-5-4-17-3-1-2-9(17)8-18/h6-7,9H,1-5,8,15H2. The number of rotatable bonds is 1. The maximum absolute atomic E-state index is 12.5. The van der Waals surface area contributed by atoms with Crippen LogP contribution in [0, 0.1) is 0 Å². The van der Waals surface area contributed by atoms with E-state index in [1.165, 1.54) is 19.0 Å². The van der Waals surface area contributed by atoms with Crippen LogP contribution in [0.1, 0.15) is 23.2 Å². The quantitative estimate of drug-likeness (QED) is 0.786. The second-order valence-electron chi connectivity index (χ2n) is 5.18. The van der Waals surface area contributed by atoms with Crippen LogP contribution in [0.15, 0.2) is 12.3 Å². The number of hydrogen-bond acceptors (Lipinski definition) is 4. The maximum Gasteiger partial charge on any atom is 0.256 e. The van der Waals surface area contributed by atoms with E-state index in [4.69, 9.17) is 17.3 Å². The van der Waals surface area contributed by atoms with Crippen molar-refractivity contribution in [2.75, 3.05) is 31.9 Å². The summed E-state index contributed by atoms with van der Waals surface area (Å²) in [6.45, 7) is 3.66. The van der Waals surface area contributed by atoms with Gasteiger partial charge in [-0.2, -0.15) is 0 Å². The minimum Gasteiger partial charge on any atom is -0.397 e. The van der Waals surface area contributed by atoms with Crippen LogP contribution in [0.2, 0.25) is 5.15 Å². The van der Waals surface area contributed by atoms with Gasteiger partial charge in [0.25, 0.3) is 5.91 Å². The molecule has 1 unspecified atom stereocenters. The minimum absolute atomic E-state index is 0.0339. The van der Waals surface area contributed by atoms with Crippen molar-refractivity contribution >= 4 is 23.2 Å². The van der Waals surface area contributed by atoms with Crippen LogP contribution in [0.3, 0.4) is 0 Å². The van der Waals surface area contributed by atoms with E-state index in [1.807, 2.05) is 4.90 Å². The van der Waals surface area contributed by atoms with E-state index < -0.39 is 0 Å². The van der Waals surface area contributed by atoms with Crippen LogP contribution in [0.4, 0.5) is 5.69 Å². The van der Waals surface area contributed by atoms with Crippen molar-refractivity contribution in [2.45, 2.75) is 18.9 Å². The molecule has 2 fully saturated rings. The fourth-order valence-corrected chi connectivity index (χ4v) is 3.13. The fourth-order valence-electron chi connectivity index (χ4n) is 2.97. The number of carbonyl (C=O) groups excluding carboxylic acids is 1. The number of halogens is 1. The van der Waals surface area contributed by atoms with Crippen LogP contribution in [-0.2, 0) is 0 Å². The van der Waals surface area contributed by atoms with Gasteiger partial charge in [-0.15, -0.1) is 0 Å². The van der Waals surface area contributed by atoms with E-state index in [0.29, 0.717) is 22.4 Å². The molecule has 2 N–H and O–H groups in total. The van der Waals surface area contributed by atoms with Crippen LogP contribution in [0.5, 0.6) is 0 Å². The first-order valence-electron chi connectivity index (χ1n) is 6.59. The molecule has 6 heteroatoms. The third-order valence-corrected chi connectivity index (χ3v) is 4.21. The number of amides is 1. The van der Waals surface area contributed by atoms with Crippen LogP contribution in [0.25, 0.3) is 0 Å². The number of aromatic nitrogens is 1. The zero-order chi connectivity index (χ0) is 13.4. The van der Waals surface area contributed by atoms with Crippen molar-refractivity contribution < 1.29 is 4.79 Å². The molecule has 0 saturated carbocycles. The fraction of sp³-hybridized carbons (Fsp3) is 0.538. The molecule has 102 valence electrons. The first-order chi connectivity index (χ1) is 9.15. The number of nitrogen functional groups attached to an aromatic ring is 1. The lowest BCUT2D eigenvalue weighted by Crippen LogP contribution is -2.52. The number of carbonyl (C=O) groups is 1. The number of pyridine rings is 1. The summed E-state index contributed by atoms with van der Waals surface area (Å²) in [4.78, 5) is 20.7. The Balaban J connectivity index is 1.78. The maximum atomic E-state index is 12.5. The van der Waals surface area contributed by atoms with E-state index in [1.54, 1.807) is 6.07 Å². The smallest absolute Gasteiger partial charge is 0.256 e. The molecule has 3 rings (SSSR count). The molecule has 0 aromatic carbocycles. The Kier molecular flexibility index (Phi) is 3.33. The van der Waals surface area contributed by atoms with E-state index >= 15 is 0 Å². The lowest BCUT2D eigenvalue weighted by atomic mass is 10.1. The lowest BCUT2D eigenvalue weighted by Gasteiger charge is -2.37. The summed E-state index contributed by atoms with van der Waals surface area (Å²) in [7, 11) is 0. The van der Waals surface area contributed by atoms with Gasteiger partial charge in [0.2, 0.25) is 0 Å². The molecule has 2 aliphatic rings. The molecule has 1 atom stereocenters. The van der Waals surface area contributed by atoms with E-state index in [9.17, 15) is 4.79 Å². The Hall–Kier alpha value is -1.33. The zero-order valence-electron chi connectivity index (χ0n) is 10.7. The highest BCUT2D eigenvalue weighted by Gasteiger charge is 2.33. The molecule has 0 spiro atoms. The summed E-state index contributed by atoms with van der Waals surface area (Å²) < 4.78 is 0. The summed E-state index contributed by atoms with van der Waals surface area (Å²) in [5, 5.41) is 0.303. The van der Waals surface area contributed by atoms with Crippen molar-refractivity contribution in [3.05, 3.63) is 23.0 Å². The van der Waals surface area contributed by atoms with Gasteiger partial charge in [0.15, 0.2) is 0 Å². The number of fused-ring (bicyclic) bond motifs is 1. The number of anilines is 1. The second kappa shape index (κ2) is 4.98. The molecule has 1 aromatic rings. The molecule has 2 aliphatic heterocycles. The predicted octanol–water partition coefficient (Wildman–Crippen LogP) is 1.24. The first kappa shape index (κ1) is 12.7. The average molecular weight is 281 g/mol. The summed E-state index contributed by atoms with van der Waals surface area (Å²) in [6, 6.07) is 2.07. The van der Waals surface area contributed by atoms with Crippen molar-refractivity contribution in [2.24, 2.45) is 0 Å². The first-order valence-corrected chi connectivity index (χ1v) is 6.97. The van der Waals surface area contributed by atoms with Gasteiger partial charge >= 0.3 is 0 Å². The van der Waals surface area contributed by atoms with Gasteiger partial charge in [-0.1, -0.05) is 11.6 Å². The Morgan fingerprint density at radius 2 is 2.26 bits per heavy atom. The molecule has 2 saturated heterocycles. The number of piperazine rings is 1. The SMILES string of the molecule is Nc1cnc(Cl)cc1C(=O)N1CCN2CCCC2C1. The van der Waals surface area contributed by atoms with Crippen molar-refractivity contribution in [3.8, 4) is 0 Å². The second-order valence-corrected chi connectivity index (χ2v) is 5.56. The molecule has 0 radical (unpaired) electrons. The third-order valence-electron chi connectivity index (χ3n) is 4.01. The van der Waals surface area contributed by atoms with E-state index in [-0.39, 0.29) is 5.91 Å². The largest absolute Gasteiger partial charge is 0.397 e. The van der Waals surface area contributed by atoms with Gasteiger partial charge < -0.3 is 10.6 Å². The van der Waals surface area contributed by atoms with Gasteiger partial charge in [0.05, 0.1) is 17.4 Å². The van der Waals surface area contributed by atoms with Crippen molar-refractivity contribution in [1.29, 1.82) is 0 Å². The predicted molar refractivity (Wildman–Crippen MR) is 74.2 cm³/mol. The van der Waals surface area contributed by atoms with E-state index in [0.717, 1.165) is 26.2 Å². The molecule has 19 heavy (non-hydrogen) atoms. The Bertz CT molecular complexity index is 507. The number of nitrogens with two attached hydrogens (primary N) is 1. The zero-order valence-corrected chi connectivity index (χ0v) is 11.4. The molecule has 1 amide bonds. The van der Waals surface area contributed by atoms with Crippen LogP contribution >= 0.6 is 11.6 Å². The highest BCUT2D eigenvalue weighted by Crippen LogP contribution is 2.24. The molecule has 0 aliphatic carbocycles. The van der Waals surface area contributed by atoms with Crippen molar-refractivity contribution in [3.63, 3.8) is 0 Å². The monoisotopic (exact) mass is 280 g/mol. The third kappa shape index (κ3) is 2.40. The van der Waals surface area contributed by atoms with Crippen molar-refractivity contribution in [1.82, 2.24) is 14.8 Å². The number of hydrogen-bond donors (Lipinski definition) is 1. The highest BCUT2D eigenvalue weighted by molar-refractivity contribution is 6.29. The molecular weight excluding hydrogens is 264 g/mol. The number of nitrogens with zero attached hydrogens (tertiary/aromatic N) is 3. The van der Waals surface area contributed by atoms with Crippen LogP contribution < -0.4 is 5.73 Å². The Morgan fingerprint density at radius 3 is 3.11 bits per heavy atom. The van der Waals surface area contributed by atoms with Gasteiger partial charge in [0.1, 0.15) is 5.15 Å².